The molecule has 1 heterocycles. The molecule has 136 valence electrons. The van der Waals surface area contributed by atoms with E-state index in [9.17, 15) is 13.2 Å². The number of nitrogens with zero attached hydrogens (tertiary/aromatic N) is 1. The van der Waals surface area contributed by atoms with Crippen molar-refractivity contribution in [2.75, 3.05) is 20.1 Å². The van der Waals surface area contributed by atoms with E-state index in [4.69, 9.17) is 5.73 Å². The lowest BCUT2D eigenvalue weighted by atomic mass is 9.99. The summed E-state index contributed by atoms with van der Waals surface area (Å²) in [5, 5.41) is 1.67. The average Bonchev–Trinajstić information content (AvgIpc) is 2.78. The average molecular weight is 376 g/mol. The Balaban J connectivity index is 0.00000288. The molecule has 0 aliphatic carbocycles. The molecule has 1 aromatic rings. The van der Waals surface area contributed by atoms with E-state index in [1.165, 1.54) is 16.9 Å². The molecule has 3 N–H and O–H groups in total. The highest BCUT2D eigenvalue weighted by Gasteiger charge is 2.41. The monoisotopic (exact) mass is 375 g/mol. The molecule has 2 unspecified atom stereocenters. The van der Waals surface area contributed by atoms with Crippen LogP contribution in [0, 0.1) is 0 Å². The molecule has 0 aromatic heterocycles. The van der Waals surface area contributed by atoms with Crippen LogP contribution in [-0.4, -0.2) is 44.0 Å². The van der Waals surface area contributed by atoms with Gasteiger partial charge in [0.05, 0.1) is 0 Å². The fourth-order valence-electron chi connectivity index (χ4n) is 2.63. The molecule has 0 saturated carbocycles. The third-order valence-electron chi connectivity index (χ3n) is 4.32. The summed E-state index contributed by atoms with van der Waals surface area (Å²) in [6.07, 6.45) is 0.322. The van der Waals surface area contributed by atoms with Crippen LogP contribution >= 0.6 is 12.4 Å². The second-order valence-corrected chi connectivity index (χ2v) is 8.54. The Morgan fingerprint density at radius 3 is 2.29 bits per heavy atom. The number of nitrogens with two attached hydrogens (primary N) is 1. The van der Waals surface area contributed by atoms with Crippen LogP contribution in [0.1, 0.15) is 43.4 Å². The molecule has 0 spiro atoms. The van der Waals surface area contributed by atoms with E-state index in [2.05, 4.69) is 19.2 Å². The van der Waals surface area contributed by atoms with Crippen LogP contribution < -0.4 is 11.1 Å². The summed E-state index contributed by atoms with van der Waals surface area (Å²) in [5.74, 6) is -0.0202. The molecule has 6 nitrogen and oxygen atoms in total. The highest BCUT2D eigenvalue weighted by Crippen LogP contribution is 2.20. The predicted octanol–water partition coefficient (Wildman–Crippen LogP) is 1.38. The number of carbonyl (C=O) groups is 1. The Hall–Kier alpha value is -1.15. The Kier molecular flexibility index (Phi) is 7.22. The summed E-state index contributed by atoms with van der Waals surface area (Å²) < 4.78 is 25.2. The Morgan fingerprint density at radius 2 is 1.83 bits per heavy atom. The molecule has 1 fully saturated rings. The summed E-state index contributed by atoms with van der Waals surface area (Å²) in [6, 6.07) is 7.59. The van der Waals surface area contributed by atoms with Gasteiger partial charge in [0.2, 0.25) is 15.9 Å². The molecule has 1 amide bonds. The lowest BCUT2D eigenvalue weighted by Gasteiger charge is -2.17. The molecule has 1 aromatic carbocycles. The van der Waals surface area contributed by atoms with Gasteiger partial charge in [-0.2, -0.15) is 0 Å². The number of carbonyl (C=O) groups excluding carboxylic acids is 1. The molecule has 1 aliphatic rings. The van der Waals surface area contributed by atoms with Gasteiger partial charge < -0.3 is 11.1 Å². The third kappa shape index (κ3) is 4.47. The molecule has 0 radical (unpaired) electrons. The van der Waals surface area contributed by atoms with Gasteiger partial charge in [0.25, 0.3) is 0 Å². The molecule has 24 heavy (non-hydrogen) atoms. The first kappa shape index (κ1) is 20.9. The number of amides is 1. The van der Waals surface area contributed by atoms with Crippen LogP contribution in [0.25, 0.3) is 0 Å². The fourth-order valence-corrected chi connectivity index (χ4v) is 4.18. The van der Waals surface area contributed by atoms with E-state index in [0.717, 1.165) is 5.56 Å². The maximum Gasteiger partial charge on any atom is 0.239 e. The van der Waals surface area contributed by atoms with Crippen molar-refractivity contribution in [1.82, 2.24) is 9.62 Å². The minimum Gasteiger partial charge on any atom is -0.353 e. The highest BCUT2D eigenvalue weighted by molar-refractivity contribution is 7.90. The number of benzene rings is 1. The van der Waals surface area contributed by atoms with Gasteiger partial charge in [-0.25, -0.2) is 12.7 Å². The number of nitrogens with one attached hydrogen (secondary N) is 1. The van der Waals surface area contributed by atoms with Gasteiger partial charge in [-0.05, 0) is 23.5 Å². The van der Waals surface area contributed by atoms with Crippen molar-refractivity contribution in [3.63, 3.8) is 0 Å². The number of hydrogen-bond donors (Lipinski definition) is 2. The zero-order chi connectivity index (χ0) is 17.2. The molecule has 2 rings (SSSR count). The van der Waals surface area contributed by atoms with E-state index >= 15 is 0 Å². The first-order valence-corrected chi connectivity index (χ1v) is 9.32. The molecule has 0 bridgehead atoms. The van der Waals surface area contributed by atoms with Crippen LogP contribution in [0.5, 0.6) is 0 Å². The van der Waals surface area contributed by atoms with Crippen molar-refractivity contribution in [3.8, 4) is 0 Å². The molecular weight excluding hydrogens is 350 g/mol. The van der Waals surface area contributed by atoms with Gasteiger partial charge in [-0.15, -0.1) is 12.4 Å². The second-order valence-electron chi connectivity index (χ2n) is 6.32. The van der Waals surface area contributed by atoms with E-state index in [1.54, 1.807) is 0 Å². The van der Waals surface area contributed by atoms with E-state index in [1.807, 2.05) is 24.3 Å². The van der Waals surface area contributed by atoms with E-state index < -0.39 is 21.2 Å². The summed E-state index contributed by atoms with van der Waals surface area (Å²) in [4.78, 5) is 12.1. The largest absolute Gasteiger partial charge is 0.353 e. The summed E-state index contributed by atoms with van der Waals surface area (Å²) in [7, 11) is -2.02. The van der Waals surface area contributed by atoms with Gasteiger partial charge in [-0.3, -0.25) is 4.79 Å². The maximum absolute atomic E-state index is 12.1. The normalized spacial score (nSPS) is 21.3. The lowest BCUT2D eigenvalue weighted by Crippen LogP contribution is -2.42. The van der Waals surface area contributed by atoms with Crippen molar-refractivity contribution < 1.29 is 13.2 Å². The molecule has 1 saturated heterocycles. The van der Waals surface area contributed by atoms with E-state index in [0.29, 0.717) is 18.9 Å². The van der Waals surface area contributed by atoms with Gasteiger partial charge in [0, 0.05) is 26.2 Å². The Labute approximate surface area is 150 Å². The van der Waals surface area contributed by atoms with Crippen molar-refractivity contribution in [1.29, 1.82) is 0 Å². The van der Waals surface area contributed by atoms with Crippen LogP contribution in [0.15, 0.2) is 24.3 Å². The summed E-state index contributed by atoms with van der Waals surface area (Å²) in [5.41, 5.74) is 8.23. The van der Waals surface area contributed by atoms with Crippen LogP contribution in [0.2, 0.25) is 0 Å². The Morgan fingerprint density at radius 1 is 1.29 bits per heavy atom. The van der Waals surface area contributed by atoms with Gasteiger partial charge >= 0.3 is 0 Å². The number of hydrogen-bond acceptors (Lipinski definition) is 4. The fraction of sp³-hybridized carbons (Fsp3) is 0.562. The number of sulfonamides is 1. The van der Waals surface area contributed by atoms with Crippen molar-refractivity contribution >= 4 is 28.3 Å². The second kappa shape index (κ2) is 8.29. The lowest BCUT2D eigenvalue weighted by molar-refractivity contribution is -0.120. The van der Waals surface area contributed by atoms with Gasteiger partial charge in [-0.1, -0.05) is 38.1 Å². The molecule has 8 heteroatoms. The first-order chi connectivity index (χ1) is 10.7. The minimum absolute atomic E-state index is 0. The molecule has 2 atom stereocenters. The number of halogens is 1. The third-order valence-corrected chi connectivity index (χ3v) is 6.54. The zero-order valence-electron chi connectivity index (χ0n) is 14.2. The first-order valence-electron chi connectivity index (χ1n) is 7.81. The summed E-state index contributed by atoms with van der Waals surface area (Å²) >= 11 is 0. The van der Waals surface area contributed by atoms with Crippen molar-refractivity contribution in [2.45, 2.75) is 37.5 Å². The topological polar surface area (TPSA) is 92.5 Å². The quantitative estimate of drug-likeness (QED) is 0.813. The standard InChI is InChI=1S/C16H25N3O3S.ClH/c1-11(2)12-4-6-13(7-5-12)14(17)10-18-16(20)15-8-9-19(3)23(15,21)22;/h4-7,11,14-15H,8-10,17H2,1-3H3,(H,18,20);1H. The van der Waals surface area contributed by atoms with Crippen LogP contribution in [0.4, 0.5) is 0 Å². The maximum atomic E-state index is 12.1. The zero-order valence-corrected chi connectivity index (χ0v) is 15.9. The number of rotatable bonds is 5. The predicted molar refractivity (Wildman–Crippen MR) is 97.7 cm³/mol. The SMILES string of the molecule is CC(C)c1ccc(C(N)CNC(=O)C2CCN(C)S2(=O)=O)cc1.Cl. The molecular formula is C16H26ClN3O3S. The van der Waals surface area contributed by atoms with E-state index in [-0.39, 0.29) is 25.0 Å². The summed E-state index contributed by atoms with van der Waals surface area (Å²) in [6.45, 7) is 4.83. The molecule has 1 aliphatic heterocycles. The van der Waals surface area contributed by atoms with Crippen LogP contribution in [0.3, 0.4) is 0 Å². The van der Waals surface area contributed by atoms with Gasteiger partial charge in [0.1, 0.15) is 0 Å². The minimum atomic E-state index is -3.51. The Bertz CT molecular complexity index is 662. The van der Waals surface area contributed by atoms with Gasteiger partial charge in [0.15, 0.2) is 5.25 Å². The van der Waals surface area contributed by atoms with Crippen molar-refractivity contribution in [3.05, 3.63) is 35.4 Å². The van der Waals surface area contributed by atoms with Crippen LogP contribution in [-0.2, 0) is 14.8 Å². The smallest absolute Gasteiger partial charge is 0.239 e. The van der Waals surface area contributed by atoms with Crippen molar-refractivity contribution in [2.24, 2.45) is 5.73 Å². The highest BCUT2D eigenvalue weighted by atomic mass is 35.5.